The van der Waals surface area contributed by atoms with Crippen LogP contribution in [0.5, 0.6) is 0 Å². The average molecular weight is 343 g/mol. The Bertz CT molecular complexity index is 1040. The first-order valence-electron chi connectivity index (χ1n) is 8.62. The van der Waals surface area contributed by atoms with Crippen LogP contribution >= 0.6 is 0 Å². The summed E-state index contributed by atoms with van der Waals surface area (Å²) in [4.78, 5) is 13.3. The van der Waals surface area contributed by atoms with Crippen molar-refractivity contribution in [2.75, 3.05) is 6.67 Å². The van der Waals surface area contributed by atoms with Crippen LogP contribution in [0.25, 0.3) is 22.0 Å². The Morgan fingerprint density at radius 2 is 1.81 bits per heavy atom. The summed E-state index contributed by atoms with van der Waals surface area (Å²) in [5.41, 5.74) is 16.9. The molecule has 2 aromatic carbocycles. The molecule has 0 fully saturated rings. The lowest BCUT2D eigenvalue weighted by molar-refractivity contribution is 0.705. The van der Waals surface area contributed by atoms with Crippen molar-refractivity contribution < 1.29 is 0 Å². The number of hydrogen-bond acceptors (Lipinski definition) is 5. The lowest BCUT2D eigenvalue weighted by Gasteiger charge is -2.27. The Labute approximate surface area is 152 Å². The smallest absolute Gasteiger partial charge is 0.131 e. The van der Waals surface area contributed by atoms with Gasteiger partial charge < -0.3 is 11.5 Å². The molecule has 26 heavy (non-hydrogen) atoms. The minimum atomic E-state index is -0.912. The second-order valence-corrected chi connectivity index (χ2v) is 6.70. The zero-order valence-corrected chi connectivity index (χ0v) is 14.7. The van der Waals surface area contributed by atoms with Crippen LogP contribution in [0.4, 0.5) is 0 Å². The minimum absolute atomic E-state index is 0.334. The van der Waals surface area contributed by atoms with Crippen molar-refractivity contribution in [1.82, 2.24) is 4.98 Å². The number of nitrogens with two attached hydrogens (primary N) is 2. The zero-order valence-electron chi connectivity index (χ0n) is 14.7. The SMILES string of the molecule is Cc1ccccc1-c1cc2ccccc2nc1CC1(N)C=NCN=C1N. The minimum Gasteiger partial charge on any atom is -0.386 e. The van der Waals surface area contributed by atoms with E-state index in [1.807, 2.05) is 30.3 Å². The van der Waals surface area contributed by atoms with E-state index in [2.05, 4.69) is 41.2 Å². The molecular formula is C21H21N5. The first-order valence-corrected chi connectivity index (χ1v) is 8.62. The second kappa shape index (κ2) is 6.35. The van der Waals surface area contributed by atoms with Gasteiger partial charge in [-0.1, -0.05) is 42.5 Å². The molecule has 0 saturated carbocycles. The Morgan fingerprint density at radius 1 is 1.04 bits per heavy atom. The highest BCUT2D eigenvalue weighted by molar-refractivity contribution is 6.06. The molecular weight excluding hydrogens is 322 g/mol. The molecule has 0 saturated heterocycles. The molecule has 0 aliphatic carbocycles. The van der Waals surface area contributed by atoms with Crippen molar-refractivity contribution in [3.63, 3.8) is 0 Å². The maximum atomic E-state index is 6.52. The molecule has 130 valence electrons. The third-order valence-corrected chi connectivity index (χ3v) is 4.82. The van der Waals surface area contributed by atoms with Gasteiger partial charge in [0.2, 0.25) is 0 Å². The number of aryl methyl sites for hydroxylation is 1. The zero-order chi connectivity index (χ0) is 18.1. The highest BCUT2D eigenvalue weighted by Crippen LogP contribution is 2.31. The quantitative estimate of drug-likeness (QED) is 0.766. The van der Waals surface area contributed by atoms with Crippen molar-refractivity contribution >= 4 is 23.0 Å². The number of fused-ring (bicyclic) bond motifs is 1. The number of para-hydroxylation sites is 1. The van der Waals surface area contributed by atoms with E-state index in [1.165, 1.54) is 5.56 Å². The van der Waals surface area contributed by atoms with E-state index in [-0.39, 0.29) is 0 Å². The number of aliphatic imine (C=N–C) groups is 2. The Balaban J connectivity index is 1.91. The number of nitrogens with zero attached hydrogens (tertiary/aromatic N) is 3. The molecule has 3 aromatic rings. The molecule has 0 amide bonds. The van der Waals surface area contributed by atoms with E-state index in [0.29, 0.717) is 18.9 Å². The number of amidine groups is 1. The van der Waals surface area contributed by atoms with Gasteiger partial charge in [-0.2, -0.15) is 0 Å². The van der Waals surface area contributed by atoms with E-state index in [0.717, 1.165) is 27.7 Å². The lowest BCUT2D eigenvalue weighted by atomic mass is 9.88. The lowest BCUT2D eigenvalue weighted by Crippen LogP contribution is -2.56. The number of benzene rings is 2. The molecule has 4 rings (SSSR count). The van der Waals surface area contributed by atoms with E-state index in [9.17, 15) is 0 Å². The second-order valence-electron chi connectivity index (χ2n) is 6.70. The topological polar surface area (TPSA) is 89.6 Å². The molecule has 1 unspecified atom stereocenters. The summed E-state index contributed by atoms with van der Waals surface area (Å²) in [6, 6.07) is 18.6. The molecule has 0 bridgehead atoms. The summed E-state index contributed by atoms with van der Waals surface area (Å²) in [5.74, 6) is 0.401. The Hall–Kier alpha value is -3.05. The van der Waals surface area contributed by atoms with Gasteiger partial charge in [0, 0.05) is 23.6 Å². The molecule has 5 nitrogen and oxygen atoms in total. The van der Waals surface area contributed by atoms with Gasteiger partial charge in [-0.3, -0.25) is 9.98 Å². The van der Waals surface area contributed by atoms with Crippen LogP contribution in [-0.4, -0.2) is 29.2 Å². The van der Waals surface area contributed by atoms with Crippen LogP contribution in [0.2, 0.25) is 0 Å². The third kappa shape index (κ3) is 2.86. The predicted molar refractivity (Wildman–Crippen MR) is 108 cm³/mol. The molecule has 5 heteroatoms. The van der Waals surface area contributed by atoms with Gasteiger partial charge >= 0.3 is 0 Å². The van der Waals surface area contributed by atoms with Gasteiger partial charge in [-0.25, -0.2) is 4.99 Å². The maximum Gasteiger partial charge on any atom is 0.131 e. The van der Waals surface area contributed by atoms with Gasteiger partial charge in [-0.05, 0) is 30.2 Å². The van der Waals surface area contributed by atoms with Crippen molar-refractivity contribution in [2.24, 2.45) is 21.5 Å². The fourth-order valence-corrected chi connectivity index (χ4v) is 3.35. The molecule has 1 aromatic heterocycles. The van der Waals surface area contributed by atoms with Crippen molar-refractivity contribution in [1.29, 1.82) is 0 Å². The Kier molecular flexibility index (Phi) is 4.01. The summed E-state index contributed by atoms with van der Waals surface area (Å²) in [7, 11) is 0. The van der Waals surface area contributed by atoms with Crippen LogP contribution < -0.4 is 11.5 Å². The summed E-state index contributed by atoms with van der Waals surface area (Å²) >= 11 is 0. The van der Waals surface area contributed by atoms with Gasteiger partial charge in [0.05, 0.1) is 11.2 Å². The van der Waals surface area contributed by atoms with Gasteiger partial charge in [0.25, 0.3) is 0 Å². The van der Waals surface area contributed by atoms with Crippen molar-refractivity contribution in [3.05, 3.63) is 65.9 Å². The van der Waals surface area contributed by atoms with Crippen LogP contribution in [0.3, 0.4) is 0 Å². The number of hydrogen-bond donors (Lipinski definition) is 2. The summed E-state index contributed by atoms with van der Waals surface area (Å²) in [6.07, 6.45) is 2.15. The summed E-state index contributed by atoms with van der Waals surface area (Å²) in [5, 5.41) is 1.10. The predicted octanol–water partition coefficient (Wildman–Crippen LogP) is 2.85. The van der Waals surface area contributed by atoms with Gasteiger partial charge in [-0.15, -0.1) is 0 Å². The molecule has 1 aliphatic rings. The van der Waals surface area contributed by atoms with Crippen LogP contribution in [0, 0.1) is 6.92 Å². The summed E-state index contributed by atoms with van der Waals surface area (Å²) in [6.45, 7) is 2.44. The molecule has 4 N–H and O–H groups in total. The van der Waals surface area contributed by atoms with Crippen LogP contribution in [-0.2, 0) is 6.42 Å². The van der Waals surface area contributed by atoms with E-state index < -0.39 is 5.54 Å². The highest BCUT2D eigenvalue weighted by atomic mass is 15.1. The number of aromatic nitrogens is 1. The fourth-order valence-electron chi connectivity index (χ4n) is 3.35. The van der Waals surface area contributed by atoms with Gasteiger partial charge in [0.15, 0.2) is 0 Å². The largest absolute Gasteiger partial charge is 0.386 e. The third-order valence-electron chi connectivity index (χ3n) is 4.82. The first kappa shape index (κ1) is 16.4. The first-order chi connectivity index (χ1) is 12.6. The van der Waals surface area contributed by atoms with E-state index >= 15 is 0 Å². The highest BCUT2D eigenvalue weighted by Gasteiger charge is 2.31. The van der Waals surface area contributed by atoms with Crippen LogP contribution in [0.15, 0.2) is 64.6 Å². The van der Waals surface area contributed by atoms with Crippen molar-refractivity contribution in [3.8, 4) is 11.1 Å². The number of rotatable bonds is 3. The number of pyridine rings is 1. The average Bonchev–Trinajstić information content (AvgIpc) is 2.64. The van der Waals surface area contributed by atoms with E-state index in [1.54, 1.807) is 6.21 Å². The summed E-state index contributed by atoms with van der Waals surface area (Å²) < 4.78 is 0. The van der Waals surface area contributed by atoms with Gasteiger partial charge in [0.1, 0.15) is 18.0 Å². The fraction of sp³-hybridized carbons (Fsp3) is 0.190. The monoisotopic (exact) mass is 343 g/mol. The standard InChI is InChI=1S/C21H21N5/c1-14-6-2-4-8-16(14)17-10-15-7-3-5-9-18(15)26-19(17)11-21(23)12-24-13-25-20(21)22/h2-10,12H,11,13,23H2,1H3,(H2,22,25). The molecule has 1 aliphatic heterocycles. The van der Waals surface area contributed by atoms with Crippen LogP contribution in [0.1, 0.15) is 11.3 Å². The molecule has 2 heterocycles. The van der Waals surface area contributed by atoms with Crippen molar-refractivity contribution in [2.45, 2.75) is 18.9 Å². The van der Waals surface area contributed by atoms with E-state index in [4.69, 9.17) is 16.5 Å². The maximum absolute atomic E-state index is 6.52. The normalized spacial score (nSPS) is 19.5. The molecule has 0 radical (unpaired) electrons. The molecule has 0 spiro atoms. The Morgan fingerprint density at radius 3 is 2.62 bits per heavy atom. The molecule has 1 atom stereocenters.